The van der Waals surface area contributed by atoms with E-state index in [-0.39, 0.29) is 5.41 Å². The van der Waals surface area contributed by atoms with Crippen molar-refractivity contribution in [2.24, 2.45) is 10.8 Å². The first-order valence-corrected chi connectivity index (χ1v) is 11.2. The number of hydrogen-bond donors (Lipinski definition) is 0. The molecule has 3 heteroatoms. The number of aromatic nitrogens is 1. The molecule has 5 rings (SSSR count). The highest BCUT2D eigenvalue weighted by Gasteiger charge is 2.28. The Morgan fingerprint density at radius 3 is 2.47 bits per heavy atom. The summed E-state index contributed by atoms with van der Waals surface area (Å²) in [4.78, 5) is 4.81. The summed E-state index contributed by atoms with van der Waals surface area (Å²) >= 11 is 0. The summed E-state index contributed by atoms with van der Waals surface area (Å²) in [6, 6.07) is 19.5. The van der Waals surface area contributed by atoms with Gasteiger partial charge in [-0.15, -0.1) is 0 Å². The molecule has 0 saturated heterocycles. The lowest BCUT2D eigenvalue weighted by Gasteiger charge is -2.28. The van der Waals surface area contributed by atoms with Crippen LogP contribution in [0.4, 0.5) is 0 Å². The summed E-state index contributed by atoms with van der Waals surface area (Å²) in [5.41, 5.74) is 4.06. The van der Waals surface area contributed by atoms with E-state index in [0.29, 0.717) is 6.42 Å². The molecule has 0 spiro atoms. The van der Waals surface area contributed by atoms with Gasteiger partial charge in [-0.2, -0.15) is 5.26 Å². The maximum Gasteiger partial charge on any atom is 0.140 e. The predicted octanol–water partition coefficient (Wildman–Crippen LogP) is 7.84. The zero-order valence-corrected chi connectivity index (χ0v) is 19.4. The molecule has 32 heavy (non-hydrogen) atoms. The fourth-order valence-electron chi connectivity index (χ4n) is 4.79. The molecule has 4 aromatic rings. The van der Waals surface area contributed by atoms with Crippen molar-refractivity contribution in [1.82, 2.24) is 4.98 Å². The van der Waals surface area contributed by atoms with Crippen LogP contribution in [0.1, 0.15) is 45.7 Å². The van der Waals surface area contributed by atoms with Crippen LogP contribution in [0.25, 0.3) is 32.8 Å². The van der Waals surface area contributed by atoms with Crippen LogP contribution in [0.5, 0.6) is 11.5 Å². The van der Waals surface area contributed by atoms with E-state index in [9.17, 15) is 5.26 Å². The molecule has 0 aliphatic carbocycles. The molecular weight excluding hydrogens is 392 g/mol. The van der Waals surface area contributed by atoms with Gasteiger partial charge < -0.3 is 4.74 Å². The number of ether oxygens (including phenoxy) is 1. The summed E-state index contributed by atoms with van der Waals surface area (Å²) in [5.74, 6) is 1.76. The van der Waals surface area contributed by atoms with Crippen molar-refractivity contribution in [3.05, 3.63) is 65.9 Å². The third-order valence-corrected chi connectivity index (χ3v) is 6.11. The van der Waals surface area contributed by atoms with Gasteiger partial charge in [-0.3, -0.25) is 4.98 Å². The second-order valence-electron chi connectivity index (χ2n) is 10.8. The number of fused-ring (bicyclic) bond motifs is 3. The van der Waals surface area contributed by atoms with E-state index in [1.807, 2.05) is 26.1 Å². The Morgan fingerprint density at radius 2 is 1.72 bits per heavy atom. The lowest BCUT2D eigenvalue weighted by Crippen LogP contribution is -2.13. The van der Waals surface area contributed by atoms with Crippen LogP contribution < -0.4 is 4.74 Å². The van der Waals surface area contributed by atoms with Crippen LogP contribution in [0.2, 0.25) is 0 Å². The maximum absolute atomic E-state index is 9.53. The summed E-state index contributed by atoms with van der Waals surface area (Å²) in [6.45, 7) is 10.7. The van der Waals surface area contributed by atoms with Crippen molar-refractivity contribution in [2.45, 2.75) is 47.5 Å². The lowest BCUT2D eigenvalue weighted by atomic mass is 9.83. The summed E-state index contributed by atoms with van der Waals surface area (Å²) in [6.07, 6.45) is 3.46. The number of pyridine rings is 1. The number of nitrogens with zero attached hydrogens (tertiary/aromatic N) is 2. The Bertz CT molecular complexity index is 1420. The molecule has 1 aromatic heterocycles. The fourth-order valence-corrected chi connectivity index (χ4v) is 4.79. The zero-order valence-electron chi connectivity index (χ0n) is 19.4. The first-order valence-electron chi connectivity index (χ1n) is 11.2. The molecule has 0 atom stereocenters. The Labute approximate surface area is 189 Å². The minimum atomic E-state index is -0.434. The third kappa shape index (κ3) is 3.50. The smallest absolute Gasteiger partial charge is 0.140 e. The molecule has 0 bridgehead atoms. The second-order valence-corrected chi connectivity index (χ2v) is 10.8. The number of nitriles is 1. The summed E-state index contributed by atoms with van der Waals surface area (Å²) < 4.78 is 6.70. The third-order valence-electron chi connectivity index (χ3n) is 6.11. The molecule has 160 valence electrons. The maximum atomic E-state index is 9.53. The highest BCUT2D eigenvalue weighted by Crippen LogP contribution is 2.50. The van der Waals surface area contributed by atoms with Crippen molar-refractivity contribution in [3.63, 3.8) is 0 Å². The Kier molecular flexibility index (Phi) is 4.53. The molecule has 1 aliphatic rings. The normalized spacial score (nSPS) is 13.0. The van der Waals surface area contributed by atoms with Gasteiger partial charge in [0.2, 0.25) is 0 Å². The highest BCUT2D eigenvalue weighted by atomic mass is 16.5. The van der Waals surface area contributed by atoms with Crippen LogP contribution in [0.15, 0.2) is 54.7 Å². The van der Waals surface area contributed by atoms with Crippen LogP contribution in [-0.4, -0.2) is 4.98 Å². The van der Waals surface area contributed by atoms with Gasteiger partial charge in [0, 0.05) is 17.3 Å². The molecule has 0 unspecified atom stereocenters. The predicted molar refractivity (Wildman–Crippen MR) is 131 cm³/mol. The molecular formula is C29H28N2O. The fraction of sp³-hybridized carbons (Fsp3) is 0.310. The monoisotopic (exact) mass is 420 g/mol. The van der Waals surface area contributed by atoms with E-state index in [2.05, 4.69) is 69.3 Å². The molecule has 1 aliphatic heterocycles. The number of rotatable bonds is 3. The van der Waals surface area contributed by atoms with Gasteiger partial charge in [-0.1, -0.05) is 51.1 Å². The molecule has 3 aromatic carbocycles. The first-order chi connectivity index (χ1) is 15.1. The van der Waals surface area contributed by atoms with Gasteiger partial charge in [0.15, 0.2) is 0 Å². The van der Waals surface area contributed by atoms with E-state index in [4.69, 9.17) is 9.72 Å². The van der Waals surface area contributed by atoms with E-state index >= 15 is 0 Å². The van der Waals surface area contributed by atoms with E-state index in [1.54, 1.807) is 0 Å². The summed E-state index contributed by atoms with van der Waals surface area (Å²) in [7, 11) is 0. The molecule has 2 heterocycles. The highest BCUT2D eigenvalue weighted by molar-refractivity contribution is 6.06. The van der Waals surface area contributed by atoms with Gasteiger partial charge in [-0.25, -0.2) is 0 Å². The topological polar surface area (TPSA) is 45.9 Å². The van der Waals surface area contributed by atoms with Gasteiger partial charge in [0.05, 0.1) is 22.6 Å². The van der Waals surface area contributed by atoms with Crippen molar-refractivity contribution >= 4 is 21.5 Å². The quantitative estimate of drug-likeness (QED) is 0.299. The summed E-state index contributed by atoms with van der Waals surface area (Å²) in [5, 5.41) is 14.1. The van der Waals surface area contributed by atoms with E-state index < -0.39 is 5.41 Å². The molecule has 0 fully saturated rings. The van der Waals surface area contributed by atoms with Gasteiger partial charge in [-0.05, 0) is 72.0 Å². The lowest BCUT2D eigenvalue weighted by molar-refractivity contribution is 0.400. The molecule has 0 saturated carbocycles. The molecule has 0 amide bonds. The minimum absolute atomic E-state index is 0.111. The van der Waals surface area contributed by atoms with Gasteiger partial charge >= 0.3 is 0 Å². The first kappa shape index (κ1) is 20.5. The van der Waals surface area contributed by atoms with Crippen molar-refractivity contribution in [3.8, 4) is 28.8 Å². The standard InChI is InChI=1S/C29H28N2O/c1-28(2,3)16-23-21-9-7-6-8-19(21)14-22-26-25-20(10-11-31-26)12-18(15-29(4,5)17-30)13-24(25)32-27(22)23/h6-14H,15-16H2,1-5H3. The number of benzene rings is 3. The van der Waals surface area contributed by atoms with Crippen molar-refractivity contribution in [1.29, 1.82) is 5.26 Å². The van der Waals surface area contributed by atoms with Crippen LogP contribution in [0, 0.1) is 22.2 Å². The molecule has 0 radical (unpaired) electrons. The average molecular weight is 421 g/mol. The molecule has 0 N–H and O–H groups in total. The Balaban J connectivity index is 1.79. The average Bonchev–Trinajstić information content (AvgIpc) is 2.73. The Morgan fingerprint density at radius 1 is 0.938 bits per heavy atom. The van der Waals surface area contributed by atoms with Crippen LogP contribution >= 0.6 is 0 Å². The van der Waals surface area contributed by atoms with Crippen molar-refractivity contribution in [2.75, 3.05) is 0 Å². The van der Waals surface area contributed by atoms with Crippen LogP contribution in [0.3, 0.4) is 0 Å². The number of hydrogen-bond acceptors (Lipinski definition) is 3. The SMILES string of the molecule is CC(C)(C)Cc1c2c(cc3ccccc13)-c1nccc3cc(CC(C)(C)C#N)cc(c13)O2. The van der Waals surface area contributed by atoms with Crippen LogP contribution in [-0.2, 0) is 12.8 Å². The Hall–Kier alpha value is -3.38. The van der Waals surface area contributed by atoms with E-state index in [1.165, 1.54) is 16.3 Å². The van der Waals surface area contributed by atoms with E-state index in [0.717, 1.165) is 45.5 Å². The van der Waals surface area contributed by atoms with Crippen molar-refractivity contribution < 1.29 is 4.74 Å². The van der Waals surface area contributed by atoms with Gasteiger partial charge in [0.1, 0.15) is 11.5 Å². The van der Waals surface area contributed by atoms with Gasteiger partial charge in [0.25, 0.3) is 0 Å². The minimum Gasteiger partial charge on any atom is -0.456 e. The zero-order chi connectivity index (χ0) is 22.7. The second kappa shape index (κ2) is 7.07. The largest absolute Gasteiger partial charge is 0.456 e. The molecule has 3 nitrogen and oxygen atoms in total.